The number of anilines is 2. The van der Waals surface area contributed by atoms with Gasteiger partial charge in [0.15, 0.2) is 5.69 Å². The minimum atomic E-state index is -1.09. The zero-order chi connectivity index (χ0) is 26.8. The number of benzene rings is 2. The lowest BCUT2D eigenvalue weighted by molar-refractivity contribution is -0.123. The van der Waals surface area contributed by atoms with E-state index in [4.69, 9.17) is 16.2 Å². The largest absolute Gasteiger partial charge is 0.495 e. The normalized spacial score (nSPS) is 12.1. The van der Waals surface area contributed by atoms with E-state index in [0.29, 0.717) is 17.0 Å². The summed E-state index contributed by atoms with van der Waals surface area (Å²) in [4.78, 5) is 41.1. The number of nitrogen functional groups attached to an aromatic ring is 1. The summed E-state index contributed by atoms with van der Waals surface area (Å²) in [5.74, 6) is -1.48. The van der Waals surface area contributed by atoms with Crippen molar-refractivity contribution in [2.75, 3.05) is 17.7 Å². The molecule has 36 heavy (non-hydrogen) atoms. The van der Waals surface area contributed by atoms with E-state index < -0.39 is 29.3 Å². The molecule has 2 aromatic carbocycles. The van der Waals surface area contributed by atoms with Crippen molar-refractivity contribution in [1.82, 2.24) is 9.69 Å². The van der Waals surface area contributed by atoms with Crippen molar-refractivity contribution in [2.24, 2.45) is 5.73 Å². The molecule has 0 aliphatic rings. The second-order valence-corrected chi connectivity index (χ2v) is 10.3. The van der Waals surface area contributed by atoms with Gasteiger partial charge in [0.25, 0.3) is 11.8 Å². The highest BCUT2D eigenvalue weighted by Gasteiger charge is 2.38. The first-order chi connectivity index (χ1) is 16.8. The molecule has 0 unspecified atom stereocenters. The number of amides is 3. The van der Waals surface area contributed by atoms with Gasteiger partial charge >= 0.3 is 0 Å². The van der Waals surface area contributed by atoms with Crippen molar-refractivity contribution in [3.05, 3.63) is 69.7 Å². The summed E-state index contributed by atoms with van der Waals surface area (Å²) in [6, 6.07) is 11.6. The third kappa shape index (κ3) is 5.65. The standard InChI is InChI=1S/C26H31N5O4S/c1-14-7-10-16(11-8-14)21(24(33)29-26(3,4)5)31(17-13-15(2)9-12-18(17)35-6)25(34)22-19(27)20(23(28)32)30-36-22/h7-13,21H,27H2,1-6H3,(H2,28,32)(H,29,33)/t21-/m0/s1. The number of primary amides is 1. The summed E-state index contributed by atoms with van der Waals surface area (Å²) >= 11 is 0.754. The van der Waals surface area contributed by atoms with Crippen LogP contribution in [0.2, 0.25) is 0 Å². The van der Waals surface area contributed by atoms with Crippen LogP contribution in [0.15, 0.2) is 42.5 Å². The number of methoxy groups -OCH3 is 1. The van der Waals surface area contributed by atoms with Crippen LogP contribution in [-0.2, 0) is 4.79 Å². The molecule has 0 bridgehead atoms. The lowest BCUT2D eigenvalue weighted by atomic mass is 9.99. The Balaban J connectivity index is 2.32. The minimum absolute atomic E-state index is 0.00645. The predicted molar refractivity (Wildman–Crippen MR) is 141 cm³/mol. The third-order valence-electron chi connectivity index (χ3n) is 5.37. The summed E-state index contributed by atoms with van der Waals surface area (Å²) in [6.07, 6.45) is 0. The van der Waals surface area contributed by atoms with E-state index in [2.05, 4.69) is 9.69 Å². The van der Waals surface area contributed by atoms with Crippen LogP contribution in [0.5, 0.6) is 5.75 Å². The first-order valence-electron chi connectivity index (χ1n) is 11.3. The number of aromatic nitrogens is 1. The molecule has 1 atom stereocenters. The molecule has 9 nitrogen and oxygen atoms in total. The molecule has 10 heteroatoms. The van der Waals surface area contributed by atoms with Crippen LogP contribution in [-0.4, -0.2) is 34.7 Å². The molecule has 0 saturated carbocycles. The van der Waals surface area contributed by atoms with Crippen LogP contribution in [0.25, 0.3) is 0 Å². The topological polar surface area (TPSA) is 141 Å². The summed E-state index contributed by atoms with van der Waals surface area (Å²) < 4.78 is 9.57. The molecule has 1 heterocycles. The quantitative estimate of drug-likeness (QED) is 0.443. The Kier molecular flexibility index (Phi) is 7.68. The summed E-state index contributed by atoms with van der Waals surface area (Å²) in [6.45, 7) is 9.38. The molecule has 0 fully saturated rings. The Hall–Kier alpha value is -3.92. The second kappa shape index (κ2) is 10.4. The van der Waals surface area contributed by atoms with Gasteiger partial charge in [0.05, 0.1) is 18.5 Å². The van der Waals surface area contributed by atoms with Gasteiger partial charge in [-0.3, -0.25) is 19.3 Å². The monoisotopic (exact) mass is 509 g/mol. The molecular formula is C26H31N5O4S. The number of hydrogen-bond donors (Lipinski definition) is 3. The van der Waals surface area contributed by atoms with Crippen molar-refractivity contribution < 1.29 is 19.1 Å². The highest BCUT2D eigenvalue weighted by Crippen LogP contribution is 2.38. The number of aryl methyl sites for hydroxylation is 2. The minimum Gasteiger partial charge on any atom is -0.495 e. The number of nitrogens with zero attached hydrogens (tertiary/aromatic N) is 2. The second-order valence-electron chi connectivity index (χ2n) is 9.54. The first-order valence-corrected chi connectivity index (χ1v) is 12.0. The van der Waals surface area contributed by atoms with E-state index in [0.717, 1.165) is 22.7 Å². The van der Waals surface area contributed by atoms with Gasteiger partial charge in [-0.2, -0.15) is 4.37 Å². The van der Waals surface area contributed by atoms with Gasteiger partial charge < -0.3 is 21.5 Å². The number of nitrogens with two attached hydrogens (primary N) is 2. The van der Waals surface area contributed by atoms with Crippen LogP contribution in [0.4, 0.5) is 11.4 Å². The number of carbonyl (C=O) groups excluding carboxylic acids is 3. The van der Waals surface area contributed by atoms with Crippen LogP contribution in [0.1, 0.15) is 63.7 Å². The maximum absolute atomic E-state index is 14.2. The summed E-state index contributed by atoms with van der Waals surface area (Å²) in [5.41, 5.74) is 13.4. The molecule has 5 N–H and O–H groups in total. The van der Waals surface area contributed by atoms with Crippen LogP contribution in [0.3, 0.4) is 0 Å². The van der Waals surface area contributed by atoms with E-state index >= 15 is 0 Å². The third-order valence-corrected chi connectivity index (χ3v) is 6.22. The Bertz CT molecular complexity index is 1290. The molecule has 3 rings (SSSR count). The number of carbonyl (C=O) groups is 3. The van der Waals surface area contributed by atoms with Gasteiger partial charge in [0.1, 0.15) is 16.7 Å². The fourth-order valence-corrected chi connectivity index (χ4v) is 4.44. The number of nitrogens with one attached hydrogen (secondary N) is 1. The zero-order valence-corrected chi connectivity index (χ0v) is 22.0. The molecule has 3 aromatic rings. The van der Waals surface area contributed by atoms with Crippen LogP contribution < -0.4 is 26.4 Å². The number of rotatable bonds is 7. The van der Waals surface area contributed by atoms with Gasteiger partial charge in [-0.05, 0) is 69.4 Å². The molecule has 0 radical (unpaired) electrons. The Labute approximate surface area is 214 Å². The van der Waals surface area contributed by atoms with E-state index in [-0.39, 0.29) is 16.3 Å². The maximum atomic E-state index is 14.2. The van der Waals surface area contributed by atoms with Crippen molar-refractivity contribution in [3.8, 4) is 5.75 Å². The van der Waals surface area contributed by atoms with Crippen molar-refractivity contribution >= 4 is 40.6 Å². The van der Waals surface area contributed by atoms with E-state index in [9.17, 15) is 14.4 Å². The highest BCUT2D eigenvalue weighted by atomic mass is 32.1. The van der Waals surface area contributed by atoms with E-state index in [1.807, 2.05) is 52.8 Å². The summed E-state index contributed by atoms with van der Waals surface area (Å²) in [7, 11) is 1.49. The number of hydrogen-bond acceptors (Lipinski definition) is 7. The van der Waals surface area contributed by atoms with Crippen LogP contribution in [0, 0.1) is 13.8 Å². The fraction of sp³-hybridized carbons (Fsp3) is 0.308. The fourth-order valence-electron chi connectivity index (χ4n) is 3.70. The molecule has 0 spiro atoms. The number of ether oxygens (including phenoxy) is 1. The smallest absolute Gasteiger partial charge is 0.273 e. The molecule has 1 aromatic heterocycles. The maximum Gasteiger partial charge on any atom is 0.273 e. The van der Waals surface area contributed by atoms with Gasteiger partial charge in [-0.15, -0.1) is 0 Å². The average Bonchev–Trinajstić information content (AvgIpc) is 3.18. The van der Waals surface area contributed by atoms with Gasteiger partial charge in [0.2, 0.25) is 5.91 Å². The molecular weight excluding hydrogens is 478 g/mol. The van der Waals surface area contributed by atoms with Gasteiger partial charge in [-0.25, -0.2) is 0 Å². The van der Waals surface area contributed by atoms with Crippen molar-refractivity contribution in [3.63, 3.8) is 0 Å². The summed E-state index contributed by atoms with van der Waals surface area (Å²) in [5, 5.41) is 2.99. The Morgan fingerprint density at radius 1 is 1.06 bits per heavy atom. The molecule has 0 aliphatic carbocycles. The molecule has 0 saturated heterocycles. The predicted octanol–water partition coefficient (Wildman–Crippen LogP) is 3.75. The van der Waals surface area contributed by atoms with E-state index in [1.165, 1.54) is 12.0 Å². The van der Waals surface area contributed by atoms with Crippen molar-refractivity contribution in [2.45, 2.75) is 46.2 Å². The SMILES string of the molecule is COc1ccc(C)cc1N(C(=O)c1snc(C(N)=O)c1N)[C@H](C(=O)NC(C)(C)C)c1ccc(C)cc1. The van der Waals surface area contributed by atoms with Crippen molar-refractivity contribution in [1.29, 1.82) is 0 Å². The zero-order valence-electron chi connectivity index (χ0n) is 21.2. The highest BCUT2D eigenvalue weighted by molar-refractivity contribution is 7.09. The Morgan fingerprint density at radius 2 is 1.67 bits per heavy atom. The lowest BCUT2D eigenvalue weighted by Gasteiger charge is -2.34. The van der Waals surface area contributed by atoms with Gasteiger partial charge in [0, 0.05) is 5.54 Å². The lowest BCUT2D eigenvalue weighted by Crippen LogP contribution is -2.49. The van der Waals surface area contributed by atoms with Crippen LogP contribution >= 0.6 is 11.5 Å². The first kappa shape index (κ1) is 26.7. The average molecular weight is 510 g/mol. The van der Waals surface area contributed by atoms with Gasteiger partial charge in [-0.1, -0.05) is 35.9 Å². The van der Waals surface area contributed by atoms with E-state index in [1.54, 1.807) is 24.3 Å². The molecule has 190 valence electrons. The molecule has 3 amide bonds. The molecule has 0 aliphatic heterocycles. The Morgan fingerprint density at radius 3 is 2.19 bits per heavy atom.